The fourth-order valence-electron chi connectivity index (χ4n) is 0.731. The zero-order valence-corrected chi connectivity index (χ0v) is 10.1. The summed E-state index contributed by atoms with van der Waals surface area (Å²) in [6.45, 7) is 8.10. The first kappa shape index (κ1) is 17.8. The first-order valence-electron chi connectivity index (χ1n) is 3.74. The van der Waals surface area contributed by atoms with Crippen LogP contribution in [-0.4, -0.2) is 0 Å². The Bertz CT molecular complexity index is 165. The molecular formula is C11H18V. The van der Waals surface area contributed by atoms with Gasteiger partial charge in [-0.1, -0.05) is 27.7 Å². The zero-order valence-electron chi connectivity index (χ0n) is 8.68. The number of benzene rings is 1. The molecule has 1 aromatic rings. The van der Waals surface area contributed by atoms with Crippen LogP contribution < -0.4 is 0 Å². The Hall–Kier alpha value is -0.196. The molecule has 0 aliphatic heterocycles. The maximum Gasteiger partial charge on any atom is 2.00 e. The van der Waals surface area contributed by atoms with Gasteiger partial charge in [0.15, 0.2) is 0 Å². The van der Waals surface area contributed by atoms with E-state index < -0.39 is 0 Å². The normalized spacial score (nSPS) is 6.67. The first-order valence-corrected chi connectivity index (χ1v) is 3.74. The fraction of sp³-hybridized carbons (Fsp3) is 0.364. The van der Waals surface area contributed by atoms with E-state index in [0.717, 1.165) is 0 Å². The van der Waals surface area contributed by atoms with Crippen LogP contribution in [0.15, 0.2) is 18.2 Å². The van der Waals surface area contributed by atoms with Crippen molar-refractivity contribution in [1.82, 2.24) is 0 Å². The zero-order chi connectivity index (χ0) is 7.98. The molecule has 0 bridgehead atoms. The minimum Gasteiger partial charge on any atom is -0.358 e. The van der Waals surface area contributed by atoms with E-state index in [0.29, 0.717) is 0 Å². The number of hydrogen-bond donors (Lipinski definition) is 0. The molecule has 0 saturated carbocycles. The smallest absolute Gasteiger partial charge is 0.358 e. The van der Waals surface area contributed by atoms with Crippen LogP contribution in [0.1, 0.15) is 25.0 Å². The number of rotatable bonds is 0. The molecule has 0 heterocycles. The van der Waals surface area contributed by atoms with Crippen LogP contribution in [0, 0.1) is 27.3 Å². The van der Waals surface area contributed by atoms with Crippen molar-refractivity contribution in [3.8, 4) is 0 Å². The van der Waals surface area contributed by atoms with Crippen molar-refractivity contribution in [1.29, 1.82) is 0 Å². The van der Waals surface area contributed by atoms with Gasteiger partial charge < -0.3 is 7.43 Å². The standard InChI is InChI=1S/C8H9.C2H6.CH3.V/c1-7-4-3-5-8(2)6-7;1-2;;/h3-5H,1-2H3;1-2H3;1H3;/q-1;;-1;+2. The molecule has 0 N–H and O–H groups in total. The summed E-state index contributed by atoms with van der Waals surface area (Å²) in [6, 6.07) is 9.31. The van der Waals surface area contributed by atoms with Gasteiger partial charge in [0, 0.05) is 0 Å². The third-order valence-corrected chi connectivity index (χ3v) is 1.09. The molecule has 0 spiro atoms. The summed E-state index contributed by atoms with van der Waals surface area (Å²) in [5.74, 6) is 0. The van der Waals surface area contributed by atoms with Gasteiger partial charge in [0.05, 0.1) is 0 Å². The molecular weight excluding hydrogens is 183 g/mol. The largest absolute Gasteiger partial charge is 2.00 e. The molecule has 1 aromatic carbocycles. The molecule has 1 heteroatoms. The van der Waals surface area contributed by atoms with Crippen LogP contribution in [0.3, 0.4) is 0 Å². The summed E-state index contributed by atoms with van der Waals surface area (Å²) in [5, 5.41) is 0. The monoisotopic (exact) mass is 201 g/mol. The van der Waals surface area contributed by atoms with Gasteiger partial charge in [-0.25, -0.2) is 0 Å². The van der Waals surface area contributed by atoms with E-state index in [1.807, 2.05) is 45.9 Å². The summed E-state index contributed by atoms with van der Waals surface area (Å²) < 4.78 is 0. The molecule has 0 fully saturated rings. The molecule has 0 aromatic heterocycles. The summed E-state index contributed by atoms with van der Waals surface area (Å²) in [4.78, 5) is 0. The van der Waals surface area contributed by atoms with Crippen molar-refractivity contribution in [2.45, 2.75) is 27.7 Å². The molecule has 0 unspecified atom stereocenters. The quantitative estimate of drug-likeness (QED) is 0.563. The van der Waals surface area contributed by atoms with Crippen LogP contribution in [0.2, 0.25) is 0 Å². The molecule has 0 atom stereocenters. The Morgan fingerprint density at radius 2 is 1.33 bits per heavy atom. The van der Waals surface area contributed by atoms with E-state index >= 15 is 0 Å². The Balaban J connectivity index is -0.000000189. The Labute approximate surface area is 89.3 Å². The predicted molar refractivity (Wildman–Crippen MR) is 52.5 cm³/mol. The van der Waals surface area contributed by atoms with Crippen molar-refractivity contribution >= 4 is 0 Å². The Morgan fingerprint density at radius 1 is 1.00 bits per heavy atom. The maximum atomic E-state index is 3.17. The van der Waals surface area contributed by atoms with Crippen LogP contribution in [0.4, 0.5) is 0 Å². The number of aryl methyl sites for hydroxylation is 2. The molecule has 67 valence electrons. The summed E-state index contributed by atoms with van der Waals surface area (Å²) in [7, 11) is 0. The SMILES string of the molecule is CC.Cc1[c-]c(C)ccc1.[CH3-].[V+2]. The first-order chi connectivity index (χ1) is 4.79. The van der Waals surface area contributed by atoms with Gasteiger partial charge in [-0.3, -0.25) is 0 Å². The molecule has 1 rings (SSSR count). The molecule has 0 aliphatic carbocycles. The van der Waals surface area contributed by atoms with E-state index in [1.54, 1.807) is 0 Å². The van der Waals surface area contributed by atoms with Crippen molar-refractivity contribution in [2.75, 3.05) is 0 Å². The maximum absolute atomic E-state index is 3.17. The number of hydrogen-bond acceptors (Lipinski definition) is 0. The Morgan fingerprint density at radius 3 is 1.50 bits per heavy atom. The van der Waals surface area contributed by atoms with Crippen LogP contribution in [0.25, 0.3) is 0 Å². The molecule has 0 amide bonds. The van der Waals surface area contributed by atoms with Gasteiger partial charge in [0.1, 0.15) is 0 Å². The van der Waals surface area contributed by atoms with Gasteiger partial charge in [0.2, 0.25) is 0 Å². The van der Waals surface area contributed by atoms with E-state index in [1.165, 1.54) is 11.1 Å². The topological polar surface area (TPSA) is 0 Å². The average molecular weight is 201 g/mol. The Kier molecular flexibility index (Phi) is 16.0. The van der Waals surface area contributed by atoms with E-state index in [2.05, 4.69) is 6.07 Å². The van der Waals surface area contributed by atoms with Crippen molar-refractivity contribution in [3.63, 3.8) is 0 Å². The second-order valence-corrected chi connectivity index (χ2v) is 2.02. The van der Waals surface area contributed by atoms with Gasteiger partial charge in [-0.2, -0.15) is 35.4 Å². The average Bonchev–Trinajstić information content (AvgIpc) is 1.91. The summed E-state index contributed by atoms with van der Waals surface area (Å²) in [6.07, 6.45) is 0. The second kappa shape index (κ2) is 10.8. The molecule has 0 saturated heterocycles. The molecule has 0 aliphatic rings. The second-order valence-electron chi connectivity index (χ2n) is 2.02. The third kappa shape index (κ3) is 7.91. The van der Waals surface area contributed by atoms with Crippen molar-refractivity contribution in [2.24, 2.45) is 0 Å². The minimum absolute atomic E-state index is 0. The van der Waals surface area contributed by atoms with Gasteiger partial charge >= 0.3 is 18.6 Å². The van der Waals surface area contributed by atoms with Crippen LogP contribution in [-0.2, 0) is 18.6 Å². The molecule has 1 radical (unpaired) electrons. The van der Waals surface area contributed by atoms with Crippen LogP contribution >= 0.6 is 0 Å². The van der Waals surface area contributed by atoms with Gasteiger partial charge in [-0.15, -0.1) is 0 Å². The van der Waals surface area contributed by atoms with Gasteiger partial charge in [0.25, 0.3) is 0 Å². The summed E-state index contributed by atoms with van der Waals surface area (Å²) >= 11 is 0. The minimum atomic E-state index is 0. The van der Waals surface area contributed by atoms with Gasteiger partial charge in [-0.05, 0) is 0 Å². The van der Waals surface area contributed by atoms with Crippen molar-refractivity contribution in [3.05, 3.63) is 42.8 Å². The van der Waals surface area contributed by atoms with E-state index in [-0.39, 0.29) is 26.0 Å². The van der Waals surface area contributed by atoms with Crippen molar-refractivity contribution < 1.29 is 18.6 Å². The predicted octanol–water partition coefficient (Wildman–Crippen LogP) is 3.58. The van der Waals surface area contributed by atoms with Crippen LogP contribution in [0.5, 0.6) is 0 Å². The third-order valence-electron chi connectivity index (χ3n) is 1.09. The van der Waals surface area contributed by atoms with E-state index in [9.17, 15) is 0 Å². The van der Waals surface area contributed by atoms with E-state index in [4.69, 9.17) is 0 Å². The fourth-order valence-corrected chi connectivity index (χ4v) is 0.731. The molecule has 12 heavy (non-hydrogen) atoms. The molecule has 0 nitrogen and oxygen atoms in total. The summed E-state index contributed by atoms with van der Waals surface area (Å²) in [5.41, 5.74) is 2.43.